The van der Waals surface area contributed by atoms with Crippen LogP contribution in [-0.2, 0) is 14.8 Å². The van der Waals surface area contributed by atoms with E-state index >= 15 is 0 Å². The highest BCUT2D eigenvalue weighted by atomic mass is 32.2. The highest BCUT2D eigenvalue weighted by molar-refractivity contribution is 7.92. The lowest BCUT2D eigenvalue weighted by molar-refractivity contribution is -0.122. The van der Waals surface area contributed by atoms with Gasteiger partial charge in [0.1, 0.15) is 16.5 Å². The largest absolute Gasteiger partial charge is 0.493 e. The zero-order valence-corrected chi connectivity index (χ0v) is 15.5. The minimum Gasteiger partial charge on any atom is -0.493 e. The van der Waals surface area contributed by atoms with Crippen molar-refractivity contribution in [2.45, 2.75) is 17.9 Å². The summed E-state index contributed by atoms with van der Waals surface area (Å²) in [4.78, 5) is 11.1. The average Bonchev–Trinajstić information content (AvgIpc) is 2.62. The Hall–Kier alpha value is -3.01. The second-order valence-electron chi connectivity index (χ2n) is 5.70. The quantitative estimate of drug-likeness (QED) is 0.804. The number of carbonyl (C=O) groups is 1. The number of carbonyl (C=O) groups excluding carboxylic acids is 1. The first-order valence-corrected chi connectivity index (χ1v) is 9.29. The summed E-state index contributed by atoms with van der Waals surface area (Å²) in [6.45, 7) is 1.59. The molecule has 2 aromatic rings. The average molecular weight is 396 g/mol. The second-order valence-corrected chi connectivity index (χ2v) is 7.35. The van der Waals surface area contributed by atoms with Gasteiger partial charge in [0, 0.05) is 12.1 Å². The SMILES string of the molecule is COc1cc(F)c(S(=O)(=O)Nc2ccc3c(c2)NC(=O)[C@@H](C)O3)cc1OC. The van der Waals surface area contributed by atoms with Crippen molar-refractivity contribution in [3.63, 3.8) is 0 Å². The molecule has 0 aliphatic carbocycles. The Morgan fingerprint density at radius 3 is 2.48 bits per heavy atom. The Labute approximate surface area is 155 Å². The molecular formula is C17H17FN2O6S. The van der Waals surface area contributed by atoms with Gasteiger partial charge in [-0.05, 0) is 25.1 Å². The molecule has 0 radical (unpaired) electrons. The van der Waals surface area contributed by atoms with Crippen molar-refractivity contribution in [3.05, 3.63) is 36.1 Å². The summed E-state index contributed by atoms with van der Waals surface area (Å²) in [5, 5.41) is 2.61. The fourth-order valence-electron chi connectivity index (χ4n) is 2.52. The van der Waals surface area contributed by atoms with E-state index in [9.17, 15) is 17.6 Å². The van der Waals surface area contributed by atoms with E-state index in [4.69, 9.17) is 14.2 Å². The minimum absolute atomic E-state index is 0.0664. The molecule has 0 aromatic heterocycles. The third kappa shape index (κ3) is 3.61. The van der Waals surface area contributed by atoms with Crippen LogP contribution in [0, 0.1) is 5.82 Å². The maximum absolute atomic E-state index is 14.3. The smallest absolute Gasteiger partial charge is 0.265 e. The normalized spacial score (nSPS) is 16.0. The predicted octanol–water partition coefficient (Wildman–Crippen LogP) is 2.36. The number of halogens is 1. The van der Waals surface area contributed by atoms with Crippen molar-refractivity contribution in [1.29, 1.82) is 0 Å². The maximum atomic E-state index is 14.3. The van der Waals surface area contributed by atoms with Gasteiger partial charge in [0.05, 0.1) is 25.6 Å². The zero-order valence-electron chi connectivity index (χ0n) is 14.7. The number of amides is 1. The summed E-state index contributed by atoms with van der Waals surface area (Å²) in [7, 11) is -1.64. The van der Waals surface area contributed by atoms with E-state index in [-0.39, 0.29) is 23.1 Å². The molecule has 10 heteroatoms. The summed E-state index contributed by atoms with van der Waals surface area (Å²) in [6, 6.07) is 6.29. The maximum Gasteiger partial charge on any atom is 0.265 e. The van der Waals surface area contributed by atoms with Gasteiger partial charge in [-0.2, -0.15) is 0 Å². The molecule has 8 nitrogen and oxygen atoms in total. The van der Waals surface area contributed by atoms with Crippen LogP contribution in [0.2, 0.25) is 0 Å². The van der Waals surface area contributed by atoms with Crippen molar-refractivity contribution in [1.82, 2.24) is 0 Å². The van der Waals surface area contributed by atoms with Gasteiger partial charge < -0.3 is 19.5 Å². The standard InChI is InChI=1S/C17H17FN2O6S/c1-9-17(21)19-12-6-10(4-5-13(12)26-9)20-27(22,23)16-8-15(25-3)14(24-2)7-11(16)18/h4-9,20H,1-3H3,(H,19,21)/t9-/m1/s1. The van der Waals surface area contributed by atoms with Gasteiger partial charge >= 0.3 is 0 Å². The van der Waals surface area contributed by atoms with E-state index in [0.29, 0.717) is 11.4 Å². The van der Waals surface area contributed by atoms with Crippen LogP contribution >= 0.6 is 0 Å². The summed E-state index contributed by atoms with van der Waals surface area (Å²) in [6.07, 6.45) is -0.652. The molecule has 2 N–H and O–H groups in total. The number of anilines is 2. The molecule has 0 unspecified atom stereocenters. The molecule has 0 spiro atoms. The fourth-order valence-corrected chi connectivity index (χ4v) is 3.65. The van der Waals surface area contributed by atoms with E-state index in [1.54, 1.807) is 6.92 Å². The van der Waals surface area contributed by atoms with Crippen molar-refractivity contribution in [2.24, 2.45) is 0 Å². The second kappa shape index (κ2) is 6.95. The van der Waals surface area contributed by atoms with E-state index in [1.807, 2.05) is 0 Å². The Morgan fingerprint density at radius 2 is 1.81 bits per heavy atom. The van der Waals surface area contributed by atoms with Crippen molar-refractivity contribution < 1.29 is 31.8 Å². The molecular weight excluding hydrogens is 379 g/mol. The van der Waals surface area contributed by atoms with Crippen LogP contribution in [0.1, 0.15) is 6.92 Å². The molecule has 1 atom stereocenters. The molecule has 2 aromatic carbocycles. The molecule has 0 fully saturated rings. The summed E-state index contributed by atoms with van der Waals surface area (Å²) in [5.41, 5.74) is 0.437. The molecule has 3 rings (SSSR count). The number of hydrogen-bond donors (Lipinski definition) is 2. The van der Waals surface area contributed by atoms with E-state index in [0.717, 1.165) is 12.1 Å². The molecule has 1 aliphatic rings. The Balaban J connectivity index is 1.94. The number of hydrogen-bond acceptors (Lipinski definition) is 6. The van der Waals surface area contributed by atoms with Gasteiger partial charge in [0.25, 0.3) is 15.9 Å². The van der Waals surface area contributed by atoms with Crippen molar-refractivity contribution >= 4 is 27.3 Å². The van der Waals surface area contributed by atoms with Crippen LogP contribution < -0.4 is 24.2 Å². The molecule has 1 heterocycles. The van der Waals surface area contributed by atoms with Crippen LogP contribution in [0.4, 0.5) is 15.8 Å². The van der Waals surface area contributed by atoms with Crippen LogP contribution in [0.5, 0.6) is 17.2 Å². The monoisotopic (exact) mass is 396 g/mol. The third-order valence-electron chi connectivity index (χ3n) is 3.89. The molecule has 1 aliphatic heterocycles. The number of methoxy groups -OCH3 is 2. The summed E-state index contributed by atoms with van der Waals surface area (Å²) >= 11 is 0. The van der Waals surface area contributed by atoms with Gasteiger partial charge in [0.15, 0.2) is 17.6 Å². The van der Waals surface area contributed by atoms with Gasteiger partial charge in [-0.15, -0.1) is 0 Å². The number of benzene rings is 2. The lowest BCUT2D eigenvalue weighted by Crippen LogP contribution is -2.34. The third-order valence-corrected chi connectivity index (χ3v) is 5.29. The number of nitrogens with one attached hydrogen (secondary N) is 2. The Bertz CT molecular complexity index is 1010. The predicted molar refractivity (Wildman–Crippen MR) is 95.5 cm³/mol. The van der Waals surface area contributed by atoms with Crippen molar-refractivity contribution in [2.75, 3.05) is 24.3 Å². The van der Waals surface area contributed by atoms with E-state index in [1.165, 1.54) is 32.4 Å². The topological polar surface area (TPSA) is 103 Å². The first-order chi connectivity index (χ1) is 12.7. The van der Waals surface area contributed by atoms with Gasteiger partial charge in [-0.25, -0.2) is 12.8 Å². The Kier molecular flexibility index (Phi) is 4.83. The van der Waals surface area contributed by atoms with Crippen LogP contribution in [-0.4, -0.2) is 34.6 Å². The fraction of sp³-hybridized carbons (Fsp3) is 0.235. The van der Waals surface area contributed by atoms with Crippen LogP contribution in [0.25, 0.3) is 0 Å². The Morgan fingerprint density at radius 1 is 1.15 bits per heavy atom. The number of fused-ring (bicyclic) bond motifs is 1. The zero-order chi connectivity index (χ0) is 19.8. The van der Waals surface area contributed by atoms with Crippen molar-refractivity contribution in [3.8, 4) is 17.2 Å². The number of sulfonamides is 1. The number of rotatable bonds is 5. The minimum atomic E-state index is -4.27. The van der Waals surface area contributed by atoms with E-state index in [2.05, 4.69) is 10.0 Å². The van der Waals surface area contributed by atoms with Gasteiger partial charge in [0.2, 0.25) is 0 Å². The van der Waals surface area contributed by atoms with Crippen LogP contribution in [0.3, 0.4) is 0 Å². The summed E-state index contributed by atoms with van der Waals surface area (Å²) in [5.74, 6) is -0.810. The van der Waals surface area contributed by atoms with Gasteiger partial charge in [-0.3, -0.25) is 9.52 Å². The highest BCUT2D eigenvalue weighted by Crippen LogP contribution is 2.35. The first-order valence-electron chi connectivity index (χ1n) is 7.81. The highest BCUT2D eigenvalue weighted by Gasteiger charge is 2.26. The molecule has 0 bridgehead atoms. The molecule has 27 heavy (non-hydrogen) atoms. The number of ether oxygens (including phenoxy) is 3. The van der Waals surface area contributed by atoms with Gasteiger partial charge in [-0.1, -0.05) is 0 Å². The molecule has 0 saturated heterocycles. The molecule has 1 amide bonds. The van der Waals surface area contributed by atoms with E-state index < -0.39 is 26.8 Å². The summed E-state index contributed by atoms with van der Waals surface area (Å²) < 4.78 is 57.2. The first kappa shape index (κ1) is 18.8. The lowest BCUT2D eigenvalue weighted by atomic mass is 10.2. The molecule has 144 valence electrons. The molecule has 0 saturated carbocycles. The van der Waals surface area contributed by atoms with Crippen LogP contribution in [0.15, 0.2) is 35.2 Å². The lowest BCUT2D eigenvalue weighted by Gasteiger charge is -2.23.